The molecule has 100 valence electrons. The number of piperidine rings is 1. The first-order valence-electron chi connectivity index (χ1n) is 6.15. The molecule has 2 heterocycles. The third-order valence-corrected chi connectivity index (χ3v) is 3.92. The maximum absolute atomic E-state index is 11.5. The Bertz CT molecular complexity index is 400. The minimum Gasteiger partial charge on any atom is -0.461 e. The van der Waals surface area contributed by atoms with Crippen LogP contribution in [0.5, 0.6) is 0 Å². The van der Waals surface area contributed by atoms with E-state index in [0.29, 0.717) is 18.4 Å². The van der Waals surface area contributed by atoms with E-state index in [2.05, 4.69) is 9.88 Å². The van der Waals surface area contributed by atoms with Crippen LogP contribution < -0.4 is 4.90 Å². The number of hydrogen-bond donors (Lipinski definition) is 0. The number of rotatable bonds is 4. The van der Waals surface area contributed by atoms with E-state index in [1.54, 1.807) is 19.4 Å². The molecule has 0 N–H and O–H groups in total. The van der Waals surface area contributed by atoms with Crippen molar-refractivity contribution in [2.75, 3.05) is 31.7 Å². The second kappa shape index (κ2) is 6.15. The van der Waals surface area contributed by atoms with E-state index in [-0.39, 0.29) is 5.97 Å². The molecule has 1 saturated heterocycles. The van der Waals surface area contributed by atoms with Crippen LogP contribution in [0, 0.1) is 0 Å². The van der Waals surface area contributed by atoms with Crippen molar-refractivity contribution in [1.29, 1.82) is 0 Å². The van der Waals surface area contributed by atoms with E-state index >= 15 is 0 Å². The van der Waals surface area contributed by atoms with Gasteiger partial charge in [0.05, 0.1) is 12.7 Å². The Morgan fingerprint density at radius 2 is 2.28 bits per heavy atom. The first-order valence-corrected chi connectivity index (χ1v) is 7.03. The van der Waals surface area contributed by atoms with Gasteiger partial charge in [-0.15, -0.1) is 11.3 Å². The van der Waals surface area contributed by atoms with Crippen LogP contribution >= 0.6 is 11.3 Å². The summed E-state index contributed by atoms with van der Waals surface area (Å²) in [4.78, 5) is 18.1. The molecule has 0 bridgehead atoms. The highest BCUT2D eigenvalue weighted by atomic mass is 32.1. The molecule has 5 nitrogen and oxygen atoms in total. The number of thiazole rings is 1. The van der Waals surface area contributed by atoms with Gasteiger partial charge in [0.2, 0.25) is 0 Å². The van der Waals surface area contributed by atoms with Gasteiger partial charge < -0.3 is 14.4 Å². The first-order chi connectivity index (χ1) is 8.74. The van der Waals surface area contributed by atoms with Crippen molar-refractivity contribution in [1.82, 2.24) is 4.98 Å². The number of methoxy groups -OCH3 is 1. The lowest BCUT2D eigenvalue weighted by molar-refractivity contribution is 0.0520. The summed E-state index contributed by atoms with van der Waals surface area (Å²) in [5, 5.41) is 2.66. The van der Waals surface area contributed by atoms with Crippen molar-refractivity contribution in [2.24, 2.45) is 0 Å². The largest absolute Gasteiger partial charge is 0.461 e. The fourth-order valence-corrected chi connectivity index (χ4v) is 2.84. The fourth-order valence-electron chi connectivity index (χ4n) is 1.99. The predicted octanol–water partition coefficient (Wildman–Crippen LogP) is 1.94. The van der Waals surface area contributed by atoms with Gasteiger partial charge in [0.1, 0.15) is 0 Å². The smallest absolute Gasteiger partial charge is 0.357 e. The van der Waals surface area contributed by atoms with Crippen molar-refractivity contribution in [3.63, 3.8) is 0 Å². The van der Waals surface area contributed by atoms with Gasteiger partial charge in [-0.05, 0) is 19.8 Å². The standard InChI is InChI=1S/C12H18N2O3S/c1-3-17-11(15)10-8-18-12(13-10)14-6-4-9(16-2)5-7-14/h8-9H,3-7H2,1-2H3. The van der Waals surface area contributed by atoms with Crippen LogP contribution in [0.25, 0.3) is 0 Å². The molecule has 0 amide bonds. The lowest BCUT2D eigenvalue weighted by Gasteiger charge is -2.30. The van der Waals surface area contributed by atoms with E-state index in [4.69, 9.17) is 9.47 Å². The van der Waals surface area contributed by atoms with Crippen LogP contribution in [-0.2, 0) is 9.47 Å². The van der Waals surface area contributed by atoms with E-state index < -0.39 is 0 Å². The summed E-state index contributed by atoms with van der Waals surface area (Å²) in [5.74, 6) is -0.341. The van der Waals surface area contributed by atoms with Crippen LogP contribution in [0.15, 0.2) is 5.38 Å². The molecular weight excluding hydrogens is 252 g/mol. The highest BCUT2D eigenvalue weighted by Gasteiger charge is 2.22. The maximum atomic E-state index is 11.5. The van der Waals surface area contributed by atoms with E-state index in [1.165, 1.54) is 11.3 Å². The van der Waals surface area contributed by atoms with Gasteiger partial charge in [-0.3, -0.25) is 0 Å². The second-order valence-electron chi connectivity index (χ2n) is 4.16. The van der Waals surface area contributed by atoms with Crippen molar-refractivity contribution in [3.05, 3.63) is 11.1 Å². The summed E-state index contributed by atoms with van der Waals surface area (Å²) >= 11 is 1.49. The molecule has 0 aromatic carbocycles. The van der Waals surface area contributed by atoms with E-state index in [0.717, 1.165) is 31.1 Å². The number of nitrogens with zero attached hydrogens (tertiary/aromatic N) is 2. The fraction of sp³-hybridized carbons (Fsp3) is 0.667. The number of carbonyl (C=O) groups excluding carboxylic acids is 1. The van der Waals surface area contributed by atoms with Crippen molar-refractivity contribution in [3.8, 4) is 0 Å². The summed E-state index contributed by atoms with van der Waals surface area (Å²) < 4.78 is 10.3. The van der Waals surface area contributed by atoms with Gasteiger partial charge >= 0.3 is 5.97 Å². The van der Waals surface area contributed by atoms with Crippen molar-refractivity contribution in [2.45, 2.75) is 25.9 Å². The van der Waals surface area contributed by atoms with Gasteiger partial charge in [-0.25, -0.2) is 9.78 Å². The van der Waals surface area contributed by atoms with Crippen LogP contribution in [0.4, 0.5) is 5.13 Å². The zero-order valence-electron chi connectivity index (χ0n) is 10.7. The topological polar surface area (TPSA) is 51.7 Å². The zero-order valence-corrected chi connectivity index (χ0v) is 11.5. The quantitative estimate of drug-likeness (QED) is 0.783. The molecule has 0 aliphatic carbocycles. The van der Waals surface area contributed by atoms with Crippen LogP contribution in [-0.4, -0.2) is 43.9 Å². The summed E-state index contributed by atoms with van der Waals surface area (Å²) in [6, 6.07) is 0. The maximum Gasteiger partial charge on any atom is 0.357 e. The Labute approximate surface area is 111 Å². The normalized spacial score (nSPS) is 16.9. The molecule has 1 aromatic rings. The molecule has 0 spiro atoms. The molecule has 1 aromatic heterocycles. The van der Waals surface area contributed by atoms with Gasteiger partial charge in [-0.1, -0.05) is 0 Å². The Morgan fingerprint density at radius 3 is 2.89 bits per heavy atom. The third-order valence-electron chi connectivity index (χ3n) is 3.02. The average molecular weight is 270 g/mol. The Kier molecular flexibility index (Phi) is 4.54. The van der Waals surface area contributed by atoms with Gasteiger partial charge in [0.25, 0.3) is 0 Å². The van der Waals surface area contributed by atoms with Crippen LogP contribution in [0.2, 0.25) is 0 Å². The lowest BCUT2D eigenvalue weighted by atomic mass is 10.1. The van der Waals surface area contributed by atoms with E-state index in [9.17, 15) is 4.79 Å². The Balaban J connectivity index is 1.96. The average Bonchev–Trinajstić information content (AvgIpc) is 2.89. The van der Waals surface area contributed by atoms with Gasteiger partial charge in [-0.2, -0.15) is 0 Å². The molecule has 1 aliphatic heterocycles. The summed E-state index contributed by atoms with van der Waals surface area (Å²) in [6.45, 7) is 4.02. The number of ether oxygens (including phenoxy) is 2. The van der Waals surface area contributed by atoms with Crippen molar-refractivity contribution >= 4 is 22.4 Å². The molecular formula is C12H18N2O3S. The highest BCUT2D eigenvalue weighted by Crippen LogP contribution is 2.25. The van der Waals surface area contributed by atoms with Crippen LogP contribution in [0.1, 0.15) is 30.3 Å². The van der Waals surface area contributed by atoms with Gasteiger partial charge in [0, 0.05) is 25.6 Å². The number of aromatic nitrogens is 1. The first kappa shape index (κ1) is 13.3. The molecule has 2 rings (SSSR count). The lowest BCUT2D eigenvalue weighted by Crippen LogP contribution is -2.36. The SMILES string of the molecule is CCOC(=O)c1csc(N2CCC(OC)CC2)n1. The molecule has 18 heavy (non-hydrogen) atoms. The minimum absolute atomic E-state index is 0.341. The predicted molar refractivity (Wildman–Crippen MR) is 70.3 cm³/mol. The molecule has 0 radical (unpaired) electrons. The van der Waals surface area contributed by atoms with Crippen LogP contribution in [0.3, 0.4) is 0 Å². The Hall–Kier alpha value is -1.14. The number of hydrogen-bond acceptors (Lipinski definition) is 6. The molecule has 0 unspecified atom stereocenters. The zero-order chi connectivity index (χ0) is 13.0. The summed E-state index contributed by atoms with van der Waals surface area (Å²) in [6.07, 6.45) is 2.36. The highest BCUT2D eigenvalue weighted by molar-refractivity contribution is 7.13. The van der Waals surface area contributed by atoms with Gasteiger partial charge in [0.15, 0.2) is 10.8 Å². The molecule has 6 heteroatoms. The second-order valence-corrected chi connectivity index (χ2v) is 4.99. The minimum atomic E-state index is -0.341. The third kappa shape index (κ3) is 3.00. The summed E-state index contributed by atoms with van der Waals surface area (Å²) in [5.41, 5.74) is 0.408. The Morgan fingerprint density at radius 1 is 1.56 bits per heavy atom. The number of carbonyl (C=O) groups is 1. The molecule has 1 fully saturated rings. The van der Waals surface area contributed by atoms with Crippen molar-refractivity contribution < 1.29 is 14.3 Å². The monoisotopic (exact) mass is 270 g/mol. The molecule has 0 atom stereocenters. The molecule has 0 saturated carbocycles. The summed E-state index contributed by atoms with van der Waals surface area (Å²) in [7, 11) is 1.75. The number of esters is 1. The van der Waals surface area contributed by atoms with E-state index in [1.807, 2.05) is 0 Å². The number of anilines is 1. The molecule has 1 aliphatic rings.